The van der Waals surface area contributed by atoms with E-state index in [4.69, 9.17) is 19.8 Å². The van der Waals surface area contributed by atoms with Crippen molar-refractivity contribution >= 4 is 23.0 Å². The fourth-order valence-corrected chi connectivity index (χ4v) is 3.71. The minimum atomic E-state index is -0.394. The fourth-order valence-electron chi connectivity index (χ4n) is 3.07. The van der Waals surface area contributed by atoms with Crippen molar-refractivity contribution in [1.82, 2.24) is 0 Å². The van der Waals surface area contributed by atoms with Crippen LogP contribution in [0.4, 0.5) is 0 Å². The zero-order chi connectivity index (χ0) is 13.8. The summed E-state index contributed by atoms with van der Waals surface area (Å²) in [5, 5.41) is 0. The summed E-state index contributed by atoms with van der Waals surface area (Å²) in [6.07, 6.45) is 4.02. The lowest BCUT2D eigenvalue weighted by Crippen LogP contribution is -2.39. The average molecular weight is 328 g/mol. The molecule has 1 aliphatic carbocycles. The molecule has 0 aromatic carbocycles. The van der Waals surface area contributed by atoms with E-state index in [1.54, 1.807) is 0 Å². The normalized spacial score (nSPS) is 40.4. The molecule has 2 fully saturated rings. The summed E-state index contributed by atoms with van der Waals surface area (Å²) >= 11 is 3.61. The molecule has 0 spiro atoms. The summed E-state index contributed by atoms with van der Waals surface area (Å²) in [5.41, 5.74) is 6.24. The lowest BCUT2D eigenvalue weighted by Gasteiger charge is -2.35. The molecule has 0 bridgehead atoms. The molecule has 2 saturated heterocycles. The van der Waals surface area contributed by atoms with E-state index in [0.717, 1.165) is 10.1 Å². The van der Waals surface area contributed by atoms with Crippen molar-refractivity contribution in [3.63, 3.8) is 0 Å². The van der Waals surface area contributed by atoms with Crippen LogP contribution in [0.15, 0.2) is 22.2 Å². The third-order valence-electron chi connectivity index (χ3n) is 4.09. The number of halogens is 1. The first kappa shape index (κ1) is 13.8. The van der Waals surface area contributed by atoms with E-state index >= 15 is 0 Å². The molecule has 3 atom stereocenters. The Hall–Kier alpha value is -0.135. The van der Waals surface area contributed by atoms with Crippen molar-refractivity contribution in [1.29, 1.82) is 0 Å². The maximum Gasteiger partial charge on any atom is 0.468 e. The van der Waals surface area contributed by atoms with Crippen LogP contribution in [0, 0.1) is 0 Å². The van der Waals surface area contributed by atoms with Crippen molar-refractivity contribution in [3.05, 3.63) is 22.2 Å². The molecule has 104 valence electrons. The van der Waals surface area contributed by atoms with Gasteiger partial charge in [0.2, 0.25) is 0 Å². The second-order valence-electron chi connectivity index (χ2n) is 6.19. The van der Waals surface area contributed by atoms with Crippen LogP contribution in [0.5, 0.6) is 0 Å². The van der Waals surface area contributed by atoms with Crippen LogP contribution < -0.4 is 5.73 Å². The Kier molecular flexibility index (Phi) is 3.23. The molecule has 0 saturated carbocycles. The Balaban J connectivity index is 2.07. The monoisotopic (exact) mass is 327 g/mol. The Morgan fingerprint density at radius 3 is 2.89 bits per heavy atom. The van der Waals surface area contributed by atoms with Crippen LogP contribution in [0.25, 0.3) is 0 Å². The number of hydrogen-bond donors (Lipinski definition) is 1. The summed E-state index contributed by atoms with van der Waals surface area (Å²) in [6, 6.07) is 0. The van der Waals surface area contributed by atoms with E-state index in [1.807, 2.05) is 19.9 Å². The molecule has 0 radical (unpaired) electrons. The van der Waals surface area contributed by atoms with Crippen molar-refractivity contribution < 1.29 is 14.0 Å². The molecule has 3 rings (SSSR count). The van der Waals surface area contributed by atoms with E-state index in [1.165, 1.54) is 0 Å². The van der Waals surface area contributed by atoms with Crippen molar-refractivity contribution in [2.45, 2.75) is 43.9 Å². The number of hydrogen-bond acceptors (Lipinski definition) is 4. The quantitative estimate of drug-likeness (QED) is 0.748. The van der Waals surface area contributed by atoms with Crippen LogP contribution >= 0.6 is 15.9 Å². The van der Waals surface area contributed by atoms with Crippen LogP contribution in [0.2, 0.25) is 5.82 Å². The highest BCUT2D eigenvalue weighted by molar-refractivity contribution is 9.11. The van der Waals surface area contributed by atoms with Gasteiger partial charge in [0.1, 0.15) is 0 Å². The molecular weight excluding hydrogens is 309 g/mol. The predicted octanol–water partition coefficient (Wildman–Crippen LogP) is 2.01. The SMILES string of the molecule is CC1(C)COC2(C)C=CC(Br)=C3C2B(O[C@@H]3CN)O1. The Bertz CT molecular complexity index is 465. The van der Waals surface area contributed by atoms with Crippen LogP contribution in [0.1, 0.15) is 20.8 Å². The van der Waals surface area contributed by atoms with Crippen molar-refractivity contribution in [2.24, 2.45) is 5.73 Å². The number of rotatable bonds is 1. The zero-order valence-electron chi connectivity index (χ0n) is 11.5. The lowest BCUT2D eigenvalue weighted by atomic mass is 9.60. The fraction of sp³-hybridized carbons (Fsp3) is 0.692. The van der Waals surface area contributed by atoms with Gasteiger partial charge in [0.15, 0.2) is 0 Å². The molecule has 4 nitrogen and oxygen atoms in total. The first-order valence-electron chi connectivity index (χ1n) is 6.62. The Labute approximate surface area is 122 Å². The topological polar surface area (TPSA) is 53.7 Å². The van der Waals surface area contributed by atoms with Gasteiger partial charge in [-0.1, -0.05) is 22.0 Å². The smallest absolute Gasteiger partial charge is 0.403 e. The highest BCUT2D eigenvalue weighted by Gasteiger charge is 2.58. The molecule has 19 heavy (non-hydrogen) atoms. The molecule has 2 aliphatic heterocycles. The van der Waals surface area contributed by atoms with Gasteiger partial charge in [-0.25, -0.2) is 0 Å². The number of allylic oxidation sites excluding steroid dienone is 2. The Morgan fingerprint density at radius 1 is 1.47 bits per heavy atom. The molecule has 2 heterocycles. The van der Waals surface area contributed by atoms with Gasteiger partial charge in [-0.2, -0.15) is 0 Å². The molecule has 3 aliphatic rings. The molecule has 2 N–H and O–H groups in total. The summed E-state index contributed by atoms with van der Waals surface area (Å²) < 4.78 is 19.3. The molecule has 0 amide bonds. The van der Waals surface area contributed by atoms with Gasteiger partial charge in [-0.05, 0) is 32.4 Å². The molecule has 0 aromatic rings. The van der Waals surface area contributed by atoms with Gasteiger partial charge in [0.25, 0.3) is 0 Å². The minimum absolute atomic E-state index is 0.0576. The van der Waals surface area contributed by atoms with Gasteiger partial charge in [-0.15, -0.1) is 0 Å². The van der Waals surface area contributed by atoms with Gasteiger partial charge in [-0.3, -0.25) is 0 Å². The van der Waals surface area contributed by atoms with Gasteiger partial charge in [0, 0.05) is 11.0 Å². The molecule has 0 aromatic heterocycles. The zero-order valence-corrected chi connectivity index (χ0v) is 13.1. The second-order valence-corrected chi connectivity index (χ2v) is 7.05. The highest BCUT2D eigenvalue weighted by atomic mass is 79.9. The van der Waals surface area contributed by atoms with E-state index in [9.17, 15) is 0 Å². The lowest BCUT2D eigenvalue weighted by molar-refractivity contribution is -0.0531. The van der Waals surface area contributed by atoms with E-state index < -0.39 is 5.60 Å². The third kappa shape index (κ3) is 2.14. The minimum Gasteiger partial charge on any atom is -0.403 e. The first-order valence-corrected chi connectivity index (χ1v) is 7.42. The molecule has 6 heteroatoms. The number of ether oxygens (including phenoxy) is 1. The number of nitrogens with two attached hydrogens (primary N) is 1. The first-order chi connectivity index (χ1) is 8.86. The van der Waals surface area contributed by atoms with E-state index in [0.29, 0.717) is 13.2 Å². The maximum atomic E-state index is 6.14. The van der Waals surface area contributed by atoms with Gasteiger partial charge < -0.3 is 19.8 Å². The summed E-state index contributed by atoms with van der Waals surface area (Å²) in [4.78, 5) is 0. The Morgan fingerprint density at radius 2 is 2.21 bits per heavy atom. The maximum absolute atomic E-state index is 6.14. The summed E-state index contributed by atoms with van der Waals surface area (Å²) in [5.74, 6) is 0.0576. The highest BCUT2D eigenvalue weighted by Crippen LogP contribution is 2.52. The van der Waals surface area contributed by atoms with Crippen LogP contribution in [0.3, 0.4) is 0 Å². The molecular formula is C13H19BBrNO3. The average Bonchev–Trinajstić information content (AvgIpc) is 2.67. The predicted molar refractivity (Wildman–Crippen MR) is 78.0 cm³/mol. The molecule has 2 unspecified atom stereocenters. The van der Waals surface area contributed by atoms with Gasteiger partial charge >= 0.3 is 7.12 Å². The second kappa shape index (κ2) is 4.43. The van der Waals surface area contributed by atoms with E-state index in [2.05, 4.69) is 28.9 Å². The van der Waals surface area contributed by atoms with Gasteiger partial charge in [0.05, 0.1) is 29.7 Å². The van der Waals surface area contributed by atoms with E-state index in [-0.39, 0.29) is 24.6 Å². The van der Waals surface area contributed by atoms with Crippen LogP contribution in [-0.2, 0) is 14.0 Å². The van der Waals surface area contributed by atoms with Crippen LogP contribution in [-0.4, -0.2) is 37.6 Å². The van der Waals surface area contributed by atoms with Crippen molar-refractivity contribution in [2.75, 3.05) is 13.2 Å². The summed E-state index contributed by atoms with van der Waals surface area (Å²) in [6.45, 7) is 7.13. The summed E-state index contributed by atoms with van der Waals surface area (Å²) in [7, 11) is -0.302. The standard InChI is InChI=1S/C13H19BBrNO3/c1-12(2)7-17-13(3)5-4-8(15)10-9(6-16)18-14(19-12)11(10)13/h4-5,9,11H,6-7,16H2,1-3H3/t9-,11?,13?/m1/s1. The van der Waals surface area contributed by atoms with Crippen molar-refractivity contribution in [3.8, 4) is 0 Å². The largest absolute Gasteiger partial charge is 0.468 e. The third-order valence-corrected chi connectivity index (χ3v) is 4.81.